The Balaban J connectivity index is 1.62. The Morgan fingerprint density at radius 2 is 2.05 bits per heavy atom. The maximum absolute atomic E-state index is 12.8. The molecule has 2 heterocycles. The van der Waals surface area contributed by atoms with E-state index in [-0.39, 0.29) is 11.4 Å². The minimum atomic E-state index is -0.192. The highest BCUT2D eigenvalue weighted by Gasteiger charge is 2.61. The quantitative estimate of drug-likeness (QED) is 0.860. The minimum absolute atomic E-state index is 0.192. The highest BCUT2D eigenvalue weighted by Crippen LogP contribution is 2.50. The van der Waals surface area contributed by atoms with E-state index in [1.54, 1.807) is 6.20 Å². The van der Waals surface area contributed by atoms with E-state index in [0.29, 0.717) is 11.7 Å². The van der Waals surface area contributed by atoms with Crippen LogP contribution in [0.2, 0.25) is 0 Å². The van der Waals surface area contributed by atoms with Crippen LogP contribution in [0.3, 0.4) is 0 Å². The second-order valence-electron chi connectivity index (χ2n) is 5.86. The van der Waals surface area contributed by atoms with Gasteiger partial charge in [-0.25, -0.2) is 4.98 Å². The predicted octanol–water partition coefficient (Wildman–Crippen LogP) is 1.01. The Bertz CT molecular complexity index is 519. The first-order valence-electron chi connectivity index (χ1n) is 7.01. The fourth-order valence-electron chi connectivity index (χ4n) is 3.21. The number of nitrogens with two attached hydrogens (primary N) is 1. The van der Waals surface area contributed by atoms with Crippen LogP contribution in [-0.4, -0.2) is 40.5 Å². The van der Waals surface area contributed by atoms with E-state index in [1.807, 2.05) is 17.0 Å². The predicted molar refractivity (Wildman–Crippen MR) is 72.7 cm³/mol. The third-order valence-electron chi connectivity index (χ3n) is 4.52. The molecule has 0 atom stereocenters. The van der Waals surface area contributed by atoms with Crippen LogP contribution in [0.15, 0.2) is 18.3 Å². The fourth-order valence-corrected chi connectivity index (χ4v) is 3.21. The number of aromatic nitrogens is 1. The number of rotatable bonds is 2. The first kappa shape index (κ1) is 11.2. The van der Waals surface area contributed by atoms with Gasteiger partial charge in [-0.2, -0.15) is 0 Å². The second-order valence-corrected chi connectivity index (χ2v) is 5.86. The number of amides is 1. The molecule has 2 saturated carbocycles. The Labute approximate surface area is 112 Å². The molecule has 2 aliphatic carbocycles. The van der Waals surface area contributed by atoms with Crippen LogP contribution < -0.4 is 10.6 Å². The molecule has 1 amide bonds. The van der Waals surface area contributed by atoms with Crippen molar-refractivity contribution in [2.45, 2.75) is 37.3 Å². The zero-order chi connectivity index (χ0) is 13.0. The number of anilines is 2. The zero-order valence-electron chi connectivity index (χ0n) is 10.9. The van der Waals surface area contributed by atoms with Gasteiger partial charge in [0.05, 0.1) is 11.9 Å². The van der Waals surface area contributed by atoms with Crippen LogP contribution in [0, 0.1) is 0 Å². The van der Waals surface area contributed by atoms with E-state index >= 15 is 0 Å². The van der Waals surface area contributed by atoms with Gasteiger partial charge in [-0.05, 0) is 37.8 Å². The summed E-state index contributed by atoms with van der Waals surface area (Å²) in [5, 5.41) is 0. The standard InChI is InChI=1S/C14H18N4O/c15-10-1-4-12(16-9-10)17-7-8-18(11-2-3-11)14(5-6-14)13(17)19/h1,4,9,11H,2-3,5-8,15H2. The third-order valence-corrected chi connectivity index (χ3v) is 4.52. The summed E-state index contributed by atoms with van der Waals surface area (Å²) in [4.78, 5) is 21.3. The molecule has 3 aliphatic rings. The van der Waals surface area contributed by atoms with Crippen LogP contribution in [0.4, 0.5) is 11.5 Å². The number of piperazine rings is 1. The average molecular weight is 258 g/mol. The van der Waals surface area contributed by atoms with Gasteiger partial charge in [0.15, 0.2) is 0 Å². The molecule has 4 rings (SSSR count). The molecule has 1 spiro atoms. The van der Waals surface area contributed by atoms with Gasteiger partial charge in [0.1, 0.15) is 11.4 Å². The maximum atomic E-state index is 12.8. The van der Waals surface area contributed by atoms with Gasteiger partial charge in [-0.1, -0.05) is 0 Å². The smallest absolute Gasteiger partial charge is 0.248 e. The van der Waals surface area contributed by atoms with E-state index in [1.165, 1.54) is 12.8 Å². The molecule has 5 heteroatoms. The topological polar surface area (TPSA) is 62.5 Å². The van der Waals surface area contributed by atoms with Gasteiger partial charge in [-0.15, -0.1) is 0 Å². The average Bonchev–Trinajstić information content (AvgIpc) is 3.29. The van der Waals surface area contributed by atoms with Crippen molar-refractivity contribution in [3.05, 3.63) is 18.3 Å². The lowest BCUT2D eigenvalue weighted by Gasteiger charge is -2.41. The first-order valence-corrected chi connectivity index (χ1v) is 7.01. The molecule has 1 aromatic rings. The van der Waals surface area contributed by atoms with Crippen molar-refractivity contribution in [3.8, 4) is 0 Å². The zero-order valence-corrected chi connectivity index (χ0v) is 10.9. The number of pyridine rings is 1. The molecule has 0 bridgehead atoms. The van der Waals surface area contributed by atoms with Crippen LogP contribution >= 0.6 is 0 Å². The van der Waals surface area contributed by atoms with Crippen molar-refractivity contribution in [2.75, 3.05) is 23.7 Å². The monoisotopic (exact) mass is 258 g/mol. The van der Waals surface area contributed by atoms with E-state index in [2.05, 4.69) is 9.88 Å². The minimum Gasteiger partial charge on any atom is -0.397 e. The van der Waals surface area contributed by atoms with Gasteiger partial charge >= 0.3 is 0 Å². The van der Waals surface area contributed by atoms with Crippen molar-refractivity contribution in [1.82, 2.24) is 9.88 Å². The molecule has 19 heavy (non-hydrogen) atoms. The Morgan fingerprint density at radius 3 is 2.63 bits per heavy atom. The van der Waals surface area contributed by atoms with Crippen LogP contribution in [-0.2, 0) is 4.79 Å². The summed E-state index contributed by atoms with van der Waals surface area (Å²) in [6.45, 7) is 1.72. The number of nitrogen functional groups attached to an aromatic ring is 1. The van der Waals surface area contributed by atoms with Gasteiger partial charge in [0.2, 0.25) is 5.91 Å². The summed E-state index contributed by atoms with van der Waals surface area (Å²) >= 11 is 0. The lowest BCUT2D eigenvalue weighted by molar-refractivity contribution is -0.128. The van der Waals surface area contributed by atoms with E-state index in [0.717, 1.165) is 31.7 Å². The Hall–Kier alpha value is -1.62. The SMILES string of the molecule is Nc1ccc(N2CCN(C3CC3)C3(CC3)C2=O)nc1. The number of nitrogens with zero attached hydrogens (tertiary/aromatic N) is 3. The van der Waals surface area contributed by atoms with E-state index in [9.17, 15) is 4.79 Å². The summed E-state index contributed by atoms with van der Waals surface area (Å²) in [6, 6.07) is 4.31. The molecule has 5 nitrogen and oxygen atoms in total. The number of hydrogen-bond donors (Lipinski definition) is 1. The Kier molecular flexibility index (Phi) is 2.18. The molecule has 0 radical (unpaired) electrons. The lowest BCUT2D eigenvalue weighted by atomic mass is 10.1. The summed E-state index contributed by atoms with van der Waals surface area (Å²) in [7, 11) is 0. The Morgan fingerprint density at radius 1 is 1.26 bits per heavy atom. The normalized spacial score (nSPS) is 25.9. The maximum Gasteiger partial charge on any atom is 0.248 e. The largest absolute Gasteiger partial charge is 0.397 e. The molecule has 100 valence electrons. The first-order chi connectivity index (χ1) is 9.21. The molecular weight excluding hydrogens is 240 g/mol. The summed E-state index contributed by atoms with van der Waals surface area (Å²) < 4.78 is 0. The van der Waals surface area contributed by atoms with Crippen molar-refractivity contribution < 1.29 is 4.79 Å². The summed E-state index contributed by atoms with van der Waals surface area (Å²) in [5.74, 6) is 0.976. The number of carbonyl (C=O) groups is 1. The van der Waals surface area contributed by atoms with Crippen LogP contribution in [0.25, 0.3) is 0 Å². The van der Waals surface area contributed by atoms with Crippen molar-refractivity contribution in [2.24, 2.45) is 0 Å². The van der Waals surface area contributed by atoms with Gasteiger partial charge in [-0.3, -0.25) is 14.6 Å². The van der Waals surface area contributed by atoms with Gasteiger partial charge in [0, 0.05) is 19.1 Å². The summed E-state index contributed by atoms with van der Waals surface area (Å²) in [6.07, 6.45) is 6.15. The van der Waals surface area contributed by atoms with E-state index in [4.69, 9.17) is 5.73 Å². The molecule has 3 fully saturated rings. The lowest BCUT2D eigenvalue weighted by Crippen LogP contribution is -2.60. The summed E-state index contributed by atoms with van der Waals surface area (Å²) in [5.41, 5.74) is 6.09. The van der Waals surface area contributed by atoms with Gasteiger partial charge < -0.3 is 5.73 Å². The molecule has 1 aromatic heterocycles. The molecule has 0 unspecified atom stereocenters. The third kappa shape index (κ3) is 1.64. The van der Waals surface area contributed by atoms with Crippen molar-refractivity contribution >= 4 is 17.4 Å². The fraction of sp³-hybridized carbons (Fsp3) is 0.571. The van der Waals surface area contributed by atoms with Gasteiger partial charge in [0.25, 0.3) is 0 Å². The van der Waals surface area contributed by atoms with Crippen LogP contribution in [0.1, 0.15) is 25.7 Å². The second kappa shape index (κ2) is 3.70. The molecule has 2 N–H and O–H groups in total. The van der Waals surface area contributed by atoms with Crippen molar-refractivity contribution in [3.63, 3.8) is 0 Å². The number of hydrogen-bond acceptors (Lipinski definition) is 4. The van der Waals surface area contributed by atoms with Crippen LogP contribution in [0.5, 0.6) is 0 Å². The van der Waals surface area contributed by atoms with Crippen molar-refractivity contribution in [1.29, 1.82) is 0 Å². The van der Waals surface area contributed by atoms with E-state index < -0.39 is 0 Å². The highest BCUT2D eigenvalue weighted by molar-refractivity contribution is 6.02. The molecule has 0 aromatic carbocycles. The molecule has 1 saturated heterocycles. The number of carbonyl (C=O) groups excluding carboxylic acids is 1. The highest BCUT2D eigenvalue weighted by atomic mass is 16.2. The molecule has 1 aliphatic heterocycles. The molecular formula is C14H18N4O.